The molecular weight excluding hydrogens is 735 g/mol. The molecule has 0 heterocycles. The van der Waals surface area contributed by atoms with Crippen molar-refractivity contribution in [3.8, 4) is 23.7 Å². The number of carbonyl (C=O) groups is 6. The molecule has 1 aromatic rings. The van der Waals surface area contributed by atoms with Gasteiger partial charge in [0.2, 0.25) is 23.4 Å². The molecule has 0 fully saturated rings. The lowest BCUT2D eigenvalue weighted by atomic mass is 9.86. The second-order valence-corrected chi connectivity index (χ2v) is 16.9. The number of aliphatic hydroxyl groups excluding tert-OH is 1. The Bertz CT molecular complexity index is 1640. The highest BCUT2D eigenvalue weighted by Crippen LogP contribution is 2.22. The van der Waals surface area contributed by atoms with Gasteiger partial charge in [0, 0.05) is 18.8 Å². The quantitative estimate of drug-likeness (QED) is 0.0239. The number of aliphatic hydroxyl groups is 1. The molecule has 0 saturated heterocycles. The summed E-state index contributed by atoms with van der Waals surface area (Å²) < 4.78 is 0. The lowest BCUT2D eigenvalue weighted by molar-refractivity contribution is -0.142. The molecule has 0 bridgehead atoms. The summed E-state index contributed by atoms with van der Waals surface area (Å²) in [5, 5.41) is 19.2. The first kappa shape index (κ1) is 51.8. The van der Waals surface area contributed by atoms with Gasteiger partial charge in [0.05, 0.1) is 23.2 Å². The molecule has 0 aliphatic heterocycles. The van der Waals surface area contributed by atoms with Crippen LogP contribution in [0.3, 0.4) is 0 Å². The maximum atomic E-state index is 13.8. The van der Waals surface area contributed by atoms with Crippen molar-refractivity contribution in [3.05, 3.63) is 35.9 Å². The van der Waals surface area contributed by atoms with Gasteiger partial charge in [0.15, 0.2) is 5.78 Å². The molecule has 0 aromatic heterocycles. The third-order valence-electron chi connectivity index (χ3n) is 10.6. The van der Waals surface area contributed by atoms with E-state index in [1.54, 1.807) is 13.8 Å². The number of ketones is 4. The Hall–Kier alpha value is -4.20. The number of hydrogen-bond donors (Lipinski definition) is 6. The smallest absolute Gasteiger partial charge is 0.239 e. The van der Waals surface area contributed by atoms with Gasteiger partial charge in [-0.15, -0.1) is 0 Å². The third-order valence-corrected chi connectivity index (χ3v) is 10.6. The largest absolute Gasteiger partial charge is 0.391 e. The minimum atomic E-state index is -1.52. The topological polar surface area (TPSA) is 197 Å². The van der Waals surface area contributed by atoms with Crippen LogP contribution >= 0.6 is 0 Å². The van der Waals surface area contributed by atoms with Gasteiger partial charge in [0.1, 0.15) is 17.9 Å². The van der Waals surface area contributed by atoms with Crippen LogP contribution in [0.1, 0.15) is 139 Å². The summed E-state index contributed by atoms with van der Waals surface area (Å²) in [7, 11) is 0. The number of amides is 2. The van der Waals surface area contributed by atoms with Gasteiger partial charge < -0.3 is 15.7 Å². The Balaban J connectivity index is 2.84. The van der Waals surface area contributed by atoms with Crippen molar-refractivity contribution in [2.24, 2.45) is 23.6 Å². The van der Waals surface area contributed by atoms with Crippen LogP contribution in [-0.2, 0) is 35.2 Å². The number of unbranched alkanes of at least 4 members (excludes halogenated alkanes) is 3. The zero-order valence-electron chi connectivity index (χ0n) is 36.7. The number of Topliss-reactive ketones (excluding diaryl/α,β-unsaturated/α-hetero) is 4. The monoisotopic (exact) mass is 806 g/mol. The Labute approximate surface area is 347 Å². The van der Waals surface area contributed by atoms with Crippen LogP contribution in [0.2, 0.25) is 0 Å². The highest BCUT2D eigenvalue weighted by molar-refractivity contribution is 6.41. The summed E-state index contributed by atoms with van der Waals surface area (Å²) in [6.45, 7) is 17.7. The van der Waals surface area contributed by atoms with Gasteiger partial charge >= 0.3 is 0 Å². The van der Waals surface area contributed by atoms with E-state index < -0.39 is 52.8 Å². The molecule has 1 aromatic carbocycles. The Morgan fingerprint density at radius 3 is 1.79 bits per heavy atom. The van der Waals surface area contributed by atoms with Gasteiger partial charge in [0.25, 0.3) is 0 Å². The number of nitrogens with one attached hydrogen (secondary N) is 4. The van der Waals surface area contributed by atoms with Crippen molar-refractivity contribution in [1.29, 1.82) is 0 Å². The van der Waals surface area contributed by atoms with Crippen molar-refractivity contribution in [2.75, 3.05) is 0 Å². The Morgan fingerprint density at radius 2 is 1.29 bits per heavy atom. The molecule has 0 unspecified atom stereocenters. The molecule has 0 saturated carbocycles. The minimum absolute atomic E-state index is 0.0224. The molecule has 2 amide bonds. The highest BCUT2D eigenvalue weighted by Gasteiger charge is 2.40. The lowest BCUT2D eigenvalue weighted by Crippen LogP contribution is -2.61. The fourth-order valence-corrected chi connectivity index (χ4v) is 6.66. The fraction of sp³-hybridized carbons (Fsp3) is 0.652. The molecule has 12 heteroatoms. The SMILES string of the molecule is CC[C@@H](CC(C)C)C(=O)N[C@@](C)(CCCC#CC#CCCCC[C@@](C)(N[C@@H](CC(C)C)C(=O)C(=O)[C@@H](NC(=O)[C@H](Cc1ccccc1)NN)[C@@H](C)O)C(C)=O)C(C)=O. The van der Waals surface area contributed by atoms with Gasteiger partial charge in [-0.1, -0.05) is 83.2 Å². The van der Waals surface area contributed by atoms with Crippen LogP contribution in [-0.4, -0.2) is 75.4 Å². The molecule has 58 heavy (non-hydrogen) atoms. The van der Waals surface area contributed by atoms with Gasteiger partial charge in [-0.2, -0.15) is 0 Å². The highest BCUT2D eigenvalue weighted by atomic mass is 16.3. The van der Waals surface area contributed by atoms with Crippen LogP contribution in [0, 0.1) is 41.4 Å². The number of benzene rings is 1. The van der Waals surface area contributed by atoms with E-state index in [-0.39, 0.29) is 42.2 Å². The molecule has 7 atom stereocenters. The standard InChI is InChI=1S/C46H71N5O7/c1-11-37(28-31(2)3)43(57)50-46(10,35(8)54)27-23-18-16-14-12-13-15-17-22-26-45(9,34(7)53)49-38(29-32(4)5)41(55)42(56)40(33(6)52)48-44(58)39(51-47)30-36-24-20-19-21-25-36/h19-21,24-25,31-33,37-40,49,51-52H,11,15,17-18,22-23,26-30,47H2,1-10H3,(H,48,58)(H,50,57)/t33-,37+,38+,39+,40+,45-,46+/m1/s1. The predicted molar refractivity (Wildman–Crippen MR) is 229 cm³/mol. The summed E-state index contributed by atoms with van der Waals surface area (Å²) in [6, 6.07) is 5.66. The van der Waals surface area contributed by atoms with Crippen LogP contribution in [0.4, 0.5) is 0 Å². The average molecular weight is 806 g/mol. The first-order valence-corrected chi connectivity index (χ1v) is 20.8. The van der Waals surface area contributed by atoms with E-state index in [1.807, 2.05) is 51.1 Å². The Morgan fingerprint density at radius 1 is 0.741 bits per heavy atom. The number of carbonyl (C=O) groups excluding carboxylic acids is 6. The van der Waals surface area contributed by atoms with Crippen LogP contribution in [0.15, 0.2) is 30.3 Å². The van der Waals surface area contributed by atoms with E-state index in [1.165, 1.54) is 20.8 Å². The predicted octanol–water partition coefficient (Wildman–Crippen LogP) is 4.69. The van der Waals surface area contributed by atoms with Gasteiger partial charge in [-0.05, 0) is 115 Å². The van der Waals surface area contributed by atoms with E-state index in [9.17, 15) is 33.9 Å². The van der Waals surface area contributed by atoms with Crippen molar-refractivity contribution in [1.82, 2.24) is 21.4 Å². The van der Waals surface area contributed by atoms with Crippen molar-refractivity contribution in [2.45, 2.75) is 175 Å². The molecule has 1 rings (SSSR count). The molecule has 0 radical (unpaired) electrons. The van der Waals surface area contributed by atoms with Gasteiger partial charge in [-0.3, -0.25) is 39.9 Å². The number of hydrazine groups is 1. The first-order chi connectivity index (χ1) is 27.2. The van der Waals surface area contributed by atoms with E-state index in [0.29, 0.717) is 50.9 Å². The summed E-state index contributed by atoms with van der Waals surface area (Å²) in [6.07, 6.45) is 4.42. The number of nitrogens with two attached hydrogens (primary N) is 1. The second kappa shape index (κ2) is 26.0. The fourth-order valence-electron chi connectivity index (χ4n) is 6.66. The summed E-state index contributed by atoms with van der Waals surface area (Å²) in [5.74, 6) is 14.9. The lowest BCUT2D eigenvalue weighted by Gasteiger charge is -2.34. The Kier molecular flexibility index (Phi) is 23.2. The molecular formula is C46H71N5O7. The molecule has 12 nitrogen and oxygen atoms in total. The van der Waals surface area contributed by atoms with E-state index in [2.05, 4.69) is 58.9 Å². The molecule has 0 spiro atoms. The first-order valence-electron chi connectivity index (χ1n) is 20.8. The van der Waals surface area contributed by atoms with Crippen molar-refractivity contribution in [3.63, 3.8) is 0 Å². The maximum Gasteiger partial charge on any atom is 0.239 e. The number of hydrogen-bond acceptors (Lipinski definition) is 10. The summed E-state index contributed by atoms with van der Waals surface area (Å²) in [4.78, 5) is 78.9. The molecule has 322 valence electrons. The third kappa shape index (κ3) is 18.2. The minimum Gasteiger partial charge on any atom is -0.391 e. The second-order valence-electron chi connectivity index (χ2n) is 16.9. The van der Waals surface area contributed by atoms with Gasteiger partial charge in [-0.25, -0.2) is 5.43 Å². The summed E-state index contributed by atoms with van der Waals surface area (Å²) in [5.41, 5.74) is 1.20. The van der Waals surface area contributed by atoms with Crippen LogP contribution in [0.5, 0.6) is 0 Å². The summed E-state index contributed by atoms with van der Waals surface area (Å²) >= 11 is 0. The molecule has 7 N–H and O–H groups in total. The van der Waals surface area contributed by atoms with E-state index >= 15 is 0 Å². The zero-order valence-corrected chi connectivity index (χ0v) is 36.7. The number of rotatable bonds is 27. The average Bonchev–Trinajstić information content (AvgIpc) is 3.15. The van der Waals surface area contributed by atoms with Crippen LogP contribution in [0.25, 0.3) is 0 Å². The van der Waals surface area contributed by atoms with Crippen LogP contribution < -0.4 is 27.2 Å². The normalized spacial score (nSPS) is 15.8. The van der Waals surface area contributed by atoms with E-state index in [4.69, 9.17) is 5.84 Å². The molecule has 0 aliphatic carbocycles. The van der Waals surface area contributed by atoms with E-state index in [0.717, 1.165) is 18.4 Å². The maximum absolute atomic E-state index is 13.8. The zero-order chi connectivity index (χ0) is 44.1. The van der Waals surface area contributed by atoms with Crippen molar-refractivity contribution >= 4 is 34.9 Å². The molecule has 0 aliphatic rings. The van der Waals surface area contributed by atoms with Crippen molar-refractivity contribution < 1.29 is 33.9 Å².